The molecule has 0 saturated carbocycles. The highest BCUT2D eigenvalue weighted by atomic mass is 35.5. The largest absolute Gasteiger partial charge is 0.417 e. The van der Waals surface area contributed by atoms with E-state index in [1.807, 2.05) is 0 Å². The van der Waals surface area contributed by atoms with Crippen molar-refractivity contribution in [2.45, 2.75) is 12.1 Å². The lowest BCUT2D eigenvalue weighted by Crippen LogP contribution is -2.05. The first kappa shape index (κ1) is 9.32. The summed E-state index contributed by atoms with van der Waals surface area (Å²) < 4.78 is 35.9. The Morgan fingerprint density at radius 2 is 2.00 bits per heavy atom. The maximum Gasteiger partial charge on any atom is 0.417 e. The number of hydrogen-bond donors (Lipinski definition) is 0. The minimum absolute atomic E-state index is 0.123. The van der Waals surface area contributed by atoms with Gasteiger partial charge in [0.2, 0.25) is 0 Å². The van der Waals surface area contributed by atoms with Crippen LogP contribution in [-0.4, -0.2) is 4.98 Å². The fourth-order valence-corrected chi connectivity index (χ4v) is 0.829. The average molecular weight is 196 g/mol. The highest BCUT2D eigenvalue weighted by Gasteiger charge is 2.30. The summed E-state index contributed by atoms with van der Waals surface area (Å²) in [5, 5.41) is 0. The van der Waals surface area contributed by atoms with Crippen molar-refractivity contribution in [3.63, 3.8) is 0 Å². The van der Waals surface area contributed by atoms with Crippen LogP contribution in [0.3, 0.4) is 0 Å². The van der Waals surface area contributed by atoms with Crippen molar-refractivity contribution in [3.05, 3.63) is 29.6 Å². The number of rotatable bonds is 1. The van der Waals surface area contributed by atoms with Crippen molar-refractivity contribution in [2.24, 2.45) is 0 Å². The van der Waals surface area contributed by atoms with Gasteiger partial charge >= 0.3 is 6.18 Å². The van der Waals surface area contributed by atoms with Crippen LogP contribution >= 0.6 is 11.6 Å². The zero-order chi connectivity index (χ0) is 9.19. The van der Waals surface area contributed by atoms with Crippen molar-refractivity contribution < 1.29 is 13.2 Å². The van der Waals surface area contributed by atoms with Gasteiger partial charge in [0.15, 0.2) is 0 Å². The molecule has 0 saturated heterocycles. The lowest BCUT2D eigenvalue weighted by molar-refractivity contribution is -0.137. The van der Waals surface area contributed by atoms with Gasteiger partial charge in [-0.15, -0.1) is 11.6 Å². The first-order chi connectivity index (χ1) is 5.54. The van der Waals surface area contributed by atoms with Gasteiger partial charge in [0.1, 0.15) is 0 Å². The number of hydrogen-bond acceptors (Lipinski definition) is 1. The molecule has 0 unspecified atom stereocenters. The van der Waals surface area contributed by atoms with Crippen LogP contribution in [0.15, 0.2) is 18.3 Å². The minimum Gasteiger partial charge on any atom is -0.259 e. The van der Waals surface area contributed by atoms with E-state index in [0.717, 1.165) is 12.3 Å². The van der Waals surface area contributed by atoms with Gasteiger partial charge in [-0.2, -0.15) is 13.2 Å². The smallest absolute Gasteiger partial charge is 0.259 e. The molecule has 0 amide bonds. The van der Waals surface area contributed by atoms with E-state index < -0.39 is 11.7 Å². The Morgan fingerprint density at radius 3 is 2.33 bits per heavy atom. The van der Waals surface area contributed by atoms with Gasteiger partial charge in [-0.3, -0.25) is 4.98 Å². The summed E-state index contributed by atoms with van der Waals surface area (Å²) in [7, 11) is 0. The second-order valence-electron chi connectivity index (χ2n) is 2.17. The Labute approximate surface area is 72.2 Å². The molecule has 0 fully saturated rings. The minimum atomic E-state index is -4.32. The fourth-order valence-electron chi connectivity index (χ4n) is 0.671. The van der Waals surface area contributed by atoms with Crippen LogP contribution in [0, 0.1) is 0 Å². The summed E-state index contributed by atoms with van der Waals surface area (Å²) in [6, 6.07) is 2.22. The molecule has 1 aromatic rings. The molecule has 0 atom stereocenters. The molecule has 0 N–H and O–H groups in total. The molecule has 1 heterocycles. The molecule has 0 aliphatic rings. The zero-order valence-corrected chi connectivity index (χ0v) is 6.65. The van der Waals surface area contributed by atoms with Crippen LogP contribution in [0.25, 0.3) is 0 Å². The predicted octanol–water partition coefficient (Wildman–Crippen LogP) is 2.84. The Bertz CT molecular complexity index is 254. The van der Waals surface area contributed by atoms with E-state index in [0.29, 0.717) is 5.69 Å². The maximum atomic E-state index is 12.0. The number of nitrogens with zero attached hydrogens (tertiary/aromatic N) is 1. The monoisotopic (exact) mass is 195 g/mol. The van der Waals surface area contributed by atoms with Gasteiger partial charge in [-0.05, 0) is 12.1 Å². The first-order valence-electron chi connectivity index (χ1n) is 3.12. The molecule has 5 heteroatoms. The normalized spacial score (nSPS) is 11.7. The highest BCUT2D eigenvalue weighted by molar-refractivity contribution is 6.16. The molecular weight excluding hydrogens is 191 g/mol. The second-order valence-corrected chi connectivity index (χ2v) is 2.44. The van der Waals surface area contributed by atoms with Crippen molar-refractivity contribution in [1.29, 1.82) is 0 Å². The molecule has 0 aliphatic carbocycles. The van der Waals surface area contributed by atoms with Crippen LogP contribution in [-0.2, 0) is 12.1 Å². The van der Waals surface area contributed by atoms with Gasteiger partial charge in [0.25, 0.3) is 0 Å². The van der Waals surface area contributed by atoms with Crippen molar-refractivity contribution >= 4 is 11.6 Å². The summed E-state index contributed by atoms with van der Waals surface area (Å²) in [5.74, 6) is 0.123. The molecule has 1 nitrogen and oxygen atoms in total. The lowest BCUT2D eigenvalue weighted by atomic mass is 10.2. The Hall–Kier alpha value is -0.770. The Kier molecular flexibility index (Phi) is 2.57. The number of aromatic nitrogens is 1. The molecule has 0 bridgehead atoms. The fraction of sp³-hybridized carbons (Fsp3) is 0.286. The third kappa shape index (κ3) is 2.11. The number of halogens is 4. The lowest BCUT2D eigenvalue weighted by Gasteiger charge is -2.05. The van der Waals surface area contributed by atoms with E-state index in [4.69, 9.17) is 11.6 Å². The van der Waals surface area contributed by atoms with Crippen LogP contribution in [0.4, 0.5) is 13.2 Å². The Balaban J connectivity index is 2.93. The van der Waals surface area contributed by atoms with Crippen LogP contribution < -0.4 is 0 Å². The SMILES string of the molecule is FC(F)(F)c1ccc(CCl)nc1. The van der Waals surface area contributed by atoms with Gasteiger partial charge < -0.3 is 0 Å². The van der Waals surface area contributed by atoms with Crippen molar-refractivity contribution in [2.75, 3.05) is 0 Å². The molecule has 1 aromatic heterocycles. The van der Waals surface area contributed by atoms with E-state index in [1.165, 1.54) is 6.07 Å². The summed E-state index contributed by atoms with van der Waals surface area (Å²) in [5.41, 5.74) is -0.318. The van der Waals surface area contributed by atoms with E-state index >= 15 is 0 Å². The molecule has 1 rings (SSSR count). The summed E-state index contributed by atoms with van der Waals surface area (Å²) >= 11 is 5.35. The van der Waals surface area contributed by atoms with E-state index in [1.54, 1.807) is 0 Å². The van der Waals surface area contributed by atoms with Crippen molar-refractivity contribution in [3.8, 4) is 0 Å². The molecule has 66 valence electrons. The third-order valence-electron chi connectivity index (χ3n) is 1.29. The standard InChI is InChI=1S/C7H5ClF3N/c8-3-6-2-1-5(4-12-6)7(9,10)11/h1-2,4H,3H2. The average Bonchev–Trinajstić information content (AvgIpc) is 2.03. The molecule has 0 radical (unpaired) electrons. The van der Waals surface area contributed by atoms with Gasteiger partial charge in [-0.25, -0.2) is 0 Å². The Morgan fingerprint density at radius 1 is 1.33 bits per heavy atom. The van der Waals surface area contributed by atoms with Crippen molar-refractivity contribution in [1.82, 2.24) is 4.98 Å². The van der Waals surface area contributed by atoms with Crippen LogP contribution in [0.2, 0.25) is 0 Å². The van der Waals surface area contributed by atoms with E-state index in [2.05, 4.69) is 4.98 Å². The molecule has 0 aliphatic heterocycles. The molecule has 0 spiro atoms. The third-order valence-corrected chi connectivity index (χ3v) is 1.56. The number of alkyl halides is 4. The van der Waals surface area contributed by atoms with Gasteiger partial charge in [0, 0.05) is 6.20 Å². The van der Waals surface area contributed by atoms with Crippen LogP contribution in [0.1, 0.15) is 11.3 Å². The maximum absolute atomic E-state index is 12.0. The molecule has 12 heavy (non-hydrogen) atoms. The molecule has 0 aromatic carbocycles. The summed E-state index contributed by atoms with van der Waals surface area (Å²) in [6.45, 7) is 0. The molecular formula is C7H5ClF3N. The highest BCUT2D eigenvalue weighted by Crippen LogP contribution is 2.28. The summed E-state index contributed by atoms with van der Waals surface area (Å²) in [4.78, 5) is 3.51. The summed E-state index contributed by atoms with van der Waals surface area (Å²) in [6.07, 6.45) is -3.55. The van der Waals surface area contributed by atoms with Gasteiger partial charge in [-0.1, -0.05) is 0 Å². The second kappa shape index (κ2) is 3.31. The predicted molar refractivity (Wildman–Crippen MR) is 38.8 cm³/mol. The first-order valence-corrected chi connectivity index (χ1v) is 3.65. The van der Waals surface area contributed by atoms with Crippen LogP contribution in [0.5, 0.6) is 0 Å². The topological polar surface area (TPSA) is 12.9 Å². The zero-order valence-electron chi connectivity index (χ0n) is 5.90. The van der Waals surface area contributed by atoms with Gasteiger partial charge in [0.05, 0.1) is 17.1 Å². The quantitative estimate of drug-likeness (QED) is 0.628. The van der Waals surface area contributed by atoms with E-state index in [-0.39, 0.29) is 5.88 Å². The number of pyridine rings is 1. The van der Waals surface area contributed by atoms with E-state index in [9.17, 15) is 13.2 Å².